The van der Waals surface area contributed by atoms with Gasteiger partial charge in [-0.25, -0.2) is 0 Å². The van der Waals surface area contributed by atoms with Crippen LogP contribution in [0.5, 0.6) is 0 Å². The molecule has 1 aliphatic heterocycles. The summed E-state index contributed by atoms with van der Waals surface area (Å²) in [6, 6.07) is 4.09. The van der Waals surface area contributed by atoms with E-state index >= 15 is 0 Å². The minimum Gasteiger partial charge on any atom is -0.302 e. The number of benzene rings is 1. The van der Waals surface area contributed by atoms with E-state index in [4.69, 9.17) is 0 Å². The summed E-state index contributed by atoms with van der Waals surface area (Å²) in [7, 11) is 0. The van der Waals surface area contributed by atoms with Gasteiger partial charge in [-0.1, -0.05) is 12.1 Å². The Kier molecular flexibility index (Phi) is 2.94. The largest absolute Gasteiger partial charge is 0.404 e. The molecule has 0 spiro atoms. The maximum atomic E-state index is 12.5. The molecule has 5 heteroatoms. The first-order valence-corrected chi connectivity index (χ1v) is 5.62. The van der Waals surface area contributed by atoms with Gasteiger partial charge in [0, 0.05) is 10.1 Å². The Bertz CT molecular complexity index is 375. The van der Waals surface area contributed by atoms with Crippen LogP contribution in [-0.2, 0) is 13.0 Å². The summed E-state index contributed by atoms with van der Waals surface area (Å²) in [5.74, 6) is 0. The first kappa shape index (κ1) is 11.2. The van der Waals surface area contributed by atoms with Gasteiger partial charge in [0.15, 0.2) is 0 Å². The number of fused-ring (bicyclic) bond motifs is 1. The third kappa shape index (κ3) is 2.28. The van der Waals surface area contributed by atoms with Crippen LogP contribution >= 0.6 is 22.6 Å². The minimum atomic E-state index is -4.15. The second kappa shape index (κ2) is 3.93. The van der Waals surface area contributed by atoms with E-state index in [1.54, 1.807) is 12.1 Å². The van der Waals surface area contributed by atoms with Crippen LogP contribution in [-0.4, -0.2) is 12.2 Å². The zero-order valence-corrected chi connectivity index (χ0v) is 9.89. The van der Waals surface area contributed by atoms with E-state index in [0.29, 0.717) is 6.54 Å². The molecule has 0 aliphatic carbocycles. The van der Waals surface area contributed by atoms with Gasteiger partial charge in [0.1, 0.15) is 6.04 Å². The first-order chi connectivity index (χ1) is 6.98. The molecule has 2 rings (SSSR count). The van der Waals surface area contributed by atoms with Gasteiger partial charge in [0.2, 0.25) is 0 Å². The highest BCUT2D eigenvalue weighted by atomic mass is 127. The van der Waals surface area contributed by atoms with Gasteiger partial charge in [-0.15, -0.1) is 0 Å². The summed E-state index contributed by atoms with van der Waals surface area (Å²) in [6.07, 6.45) is -4.12. The van der Waals surface area contributed by atoms with Gasteiger partial charge >= 0.3 is 6.18 Å². The fourth-order valence-electron chi connectivity index (χ4n) is 1.74. The molecule has 15 heavy (non-hydrogen) atoms. The molecular weight excluding hydrogens is 318 g/mol. The Balaban J connectivity index is 2.28. The summed E-state index contributed by atoms with van der Waals surface area (Å²) in [4.78, 5) is 0. The average molecular weight is 327 g/mol. The third-order valence-electron chi connectivity index (χ3n) is 2.56. The van der Waals surface area contributed by atoms with Crippen molar-refractivity contribution >= 4 is 22.6 Å². The molecule has 0 fully saturated rings. The number of hydrogen-bond donors (Lipinski definition) is 1. The van der Waals surface area contributed by atoms with Crippen molar-refractivity contribution in [3.8, 4) is 0 Å². The van der Waals surface area contributed by atoms with Crippen molar-refractivity contribution < 1.29 is 13.2 Å². The molecule has 1 aromatic rings. The number of nitrogens with one attached hydrogen (secondary N) is 1. The van der Waals surface area contributed by atoms with Gasteiger partial charge in [0.05, 0.1) is 0 Å². The van der Waals surface area contributed by atoms with Crippen LogP contribution in [0.1, 0.15) is 11.1 Å². The molecule has 1 N–H and O–H groups in total. The smallest absolute Gasteiger partial charge is 0.302 e. The van der Waals surface area contributed by atoms with Crippen molar-refractivity contribution in [1.29, 1.82) is 0 Å². The molecule has 0 aromatic heterocycles. The molecule has 0 saturated heterocycles. The standard InChI is InChI=1S/C10H9F3IN/c11-10(12,13)9-4-6-2-1-3-8(14)7(6)5-15-9/h1-3,9,15H,4-5H2/t9-/m0/s1. The van der Waals surface area contributed by atoms with Crippen LogP contribution in [0.2, 0.25) is 0 Å². The molecule has 0 unspecified atom stereocenters. The third-order valence-corrected chi connectivity index (χ3v) is 3.57. The van der Waals surface area contributed by atoms with E-state index in [1.165, 1.54) is 0 Å². The lowest BCUT2D eigenvalue weighted by molar-refractivity contribution is -0.157. The topological polar surface area (TPSA) is 12.0 Å². The molecule has 0 bridgehead atoms. The van der Waals surface area contributed by atoms with E-state index in [0.717, 1.165) is 14.7 Å². The van der Waals surface area contributed by atoms with Crippen molar-refractivity contribution in [3.63, 3.8) is 0 Å². The van der Waals surface area contributed by atoms with Crippen LogP contribution < -0.4 is 5.32 Å². The highest BCUT2D eigenvalue weighted by Crippen LogP contribution is 2.29. The fourth-order valence-corrected chi connectivity index (χ4v) is 2.49. The Labute approximate surface area is 99.2 Å². The predicted octanol–water partition coefficient (Wildman–Crippen LogP) is 2.87. The fraction of sp³-hybridized carbons (Fsp3) is 0.400. The van der Waals surface area contributed by atoms with Crippen LogP contribution in [0, 0.1) is 3.57 Å². The summed E-state index contributed by atoms with van der Waals surface area (Å²) >= 11 is 2.15. The molecule has 1 aromatic carbocycles. The molecule has 1 heterocycles. The Hall–Kier alpha value is -0.300. The van der Waals surface area contributed by atoms with Crippen molar-refractivity contribution in [1.82, 2.24) is 5.32 Å². The minimum absolute atomic E-state index is 0.0374. The zero-order chi connectivity index (χ0) is 11.1. The first-order valence-electron chi connectivity index (χ1n) is 4.55. The van der Waals surface area contributed by atoms with E-state index in [-0.39, 0.29) is 6.42 Å². The molecular formula is C10H9F3IN. The monoisotopic (exact) mass is 327 g/mol. The van der Waals surface area contributed by atoms with Crippen molar-refractivity contribution in [2.24, 2.45) is 0 Å². The van der Waals surface area contributed by atoms with Crippen LogP contribution in [0.25, 0.3) is 0 Å². The number of hydrogen-bond acceptors (Lipinski definition) is 1. The second-order valence-electron chi connectivity index (χ2n) is 3.56. The molecule has 0 saturated carbocycles. The van der Waals surface area contributed by atoms with Crippen LogP contribution in [0.3, 0.4) is 0 Å². The molecule has 82 valence electrons. The molecule has 1 nitrogen and oxygen atoms in total. The van der Waals surface area contributed by atoms with Gasteiger partial charge in [0.25, 0.3) is 0 Å². The van der Waals surface area contributed by atoms with E-state index in [1.807, 2.05) is 6.07 Å². The highest BCUT2D eigenvalue weighted by Gasteiger charge is 2.41. The number of alkyl halides is 3. The summed E-state index contributed by atoms with van der Waals surface area (Å²) in [5.41, 5.74) is 1.81. The van der Waals surface area contributed by atoms with Crippen molar-refractivity contribution in [2.75, 3.05) is 0 Å². The van der Waals surface area contributed by atoms with Gasteiger partial charge < -0.3 is 5.32 Å². The predicted molar refractivity (Wildman–Crippen MR) is 59.5 cm³/mol. The van der Waals surface area contributed by atoms with E-state index in [2.05, 4.69) is 27.9 Å². The van der Waals surface area contributed by atoms with Gasteiger partial charge in [-0.2, -0.15) is 13.2 Å². The second-order valence-corrected chi connectivity index (χ2v) is 4.72. The molecule has 0 amide bonds. The SMILES string of the molecule is FC(F)(F)[C@@H]1Cc2cccc(I)c2CN1. The van der Waals surface area contributed by atoms with E-state index < -0.39 is 12.2 Å². The highest BCUT2D eigenvalue weighted by molar-refractivity contribution is 14.1. The average Bonchev–Trinajstić information content (AvgIpc) is 2.16. The van der Waals surface area contributed by atoms with Gasteiger partial charge in [-0.05, 0) is 46.2 Å². The molecule has 1 aliphatic rings. The van der Waals surface area contributed by atoms with E-state index in [9.17, 15) is 13.2 Å². The lowest BCUT2D eigenvalue weighted by atomic mass is 9.96. The quantitative estimate of drug-likeness (QED) is 0.723. The molecule has 1 atom stereocenters. The Morgan fingerprint density at radius 3 is 2.73 bits per heavy atom. The Morgan fingerprint density at radius 2 is 2.07 bits per heavy atom. The lowest BCUT2D eigenvalue weighted by Crippen LogP contribution is -2.46. The van der Waals surface area contributed by atoms with Gasteiger partial charge in [-0.3, -0.25) is 0 Å². The van der Waals surface area contributed by atoms with Crippen LogP contribution in [0.4, 0.5) is 13.2 Å². The summed E-state index contributed by atoms with van der Waals surface area (Å²) in [5, 5.41) is 2.53. The molecule has 0 radical (unpaired) electrons. The number of halogens is 4. The summed E-state index contributed by atoms with van der Waals surface area (Å²) in [6.45, 7) is 0.304. The normalized spacial score (nSPS) is 21.2. The van der Waals surface area contributed by atoms with Crippen molar-refractivity contribution in [2.45, 2.75) is 25.2 Å². The van der Waals surface area contributed by atoms with Crippen LogP contribution in [0.15, 0.2) is 18.2 Å². The maximum absolute atomic E-state index is 12.5. The van der Waals surface area contributed by atoms with Crippen molar-refractivity contribution in [3.05, 3.63) is 32.9 Å². The maximum Gasteiger partial charge on any atom is 0.404 e. The summed E-state index contributed by atoms with van der Waals surface area (Å²) < 4.78 is 38.4. The Morgan fingerprint density at radius 1 is 1.33 bits per heavy atom. The number of rotatable bonds is 0. The zero-order valence-electron chi connectivity index (χ0n) is 7.74. The lowest BCUT2D eigenvalue weighted by Gasteiger charge is -2.28.